The van der Waals surface area contributed by atoms with E-state index in [9.17, 15) is 15.0 Å². The lowest BCUT2D eigenvalue weighted by atomic mass is 9.76. The molecule has 0 spiro atoms. The van der Waals surface area contributed by atoms with Crippen molar-refractivity contribution in [1.82, 2.24) is 5.32 Å². The molecular formula is C15H21NO3. The fraction of sp³-hybridized carbons (Fsp3) is 0.533. The maximum Gasteiger partial charge on any atom is 0.224 e. The van der Waals surface area contributed by atoms with Crippen LogP contribution < -0.4 is 5.32 Å². The van der Waals surface area contributed by atoms with Crippen LogP contribution in [0.5, 0.6) is 5.75 Å². The topological polar surface area (TPSA) is 69.6 Å². The summed E-state index contributed by atoms with van der Waals surface area (Å²) in [6, 6.07) is 6.84. The lowest BCUT2D eigenvalue weighted by Gasteiger charge is -2.37. The Kier molecular flexibility index (Phi) is 4.43. The van der Waals surface area contributed by atoms with Gasteiger partial charge in [0.25, 0.3) is 0 Å². The van der Waals surface area contributed by atoms with Gasteiger partial charge in [0, 0.05) is 6.04 Å². The molecule has 3 N–H and O–H groups in total. The van der Waals surface area contributed by atoms with E-state index in [1.807, 2.05) is 0 Å². The summed E-state index contributed by atoms with van der Waals surface area (Å²) in [7, 11) is 0. The standard InChI is InChI=1S/C15H21NO3/c1-2-14(11-8-13(18)9-11)16-15(19)7-10-3-5-12(17)6-4-10/h3-6,11,13-14,17-18H,2,7-9H2,1H3,(H,16,19)/t11?,13?,14-/m1/s1. The van der Waals surface area contributed by atoms with Gasteiger partial charge in [0.1, 0.15) is 5.75 Å². The van der Waals surface area contributed by atoms with Crippen LogP contribution in [-0.4, -0.2) is 28.3 Å². The number of hydrogen-bond acceptors (Lipinski definition) is 3. The second-order valence-electron chi connectivity index (χ2n) is 5.31. The molecule has 0 aromatic heterocycles. The van der Waals surface area contributed by atoms with Crippen molar-refractivity contribution < 1.29 is 15.0 Å². The average Bonchev–Trinajstić information content (AvgIpc) is 2.35. The third kappa shape index (κ3) is 3.70. The van der Waals surface area contributed by atoms with E-state index in [-0.39, 0.29) is 23.8 Å². The van der Waals surface area contributed by atoms with Crippen molar-refractivity contribution in [2.75, 3.05) is 0 Å². The van der Waals surface area contributed by atoms with Gasteiger partial charge in [-0.25, -0.2) is 0 Å². The van der Waals surface area contributed by atoms with Crippen LogP contribution in [0.3, 0.4) is 0 Å². The maximum atomic E-state index is 12.0. The lowest BCUT2D eigenvalue weighted by molar-refractivity contribution is -0.122. The molecule has 0 heterocycles. The zero-order valence-electron chi connectivity index (χ0n) is 11.2. The van der Waals surface area contributed by atoms with Crippen molar-refractivity contribution in [2.45, 2.75) is 44.8 Å². The van der Waals surface area contributed by atoms with Gasteiger partial charge in [0.2, 0.25) is 5.91 Å². The second kappa shape index (κ2) is 6.06. The highest BCUT2D eigenvalue weighted by Gasteiger charge is 2.33. The van der Waals surface area contributed by atoms with Gasteiger partial charge in [-0.2, -0.15) is 0 Å². The highest BCUT2D eigenvalue weighted by Crippen LogP contribution is 2.31. The summed E-state index contributed by atoms with van der Waals surface area (Å²) in [6.45, 7) is 2.05. The number of nitrogens with one attached hydrogen (secondary N) is 1. The smallest absolute Gasteiger partial charge is 0.224 e. The predicted octanol–water partition coefficient (Wildman–Crippen LogP) is 1.60. The molecule has 1 aromatic rings. The van der Waals surface area contributed by atoms with Crippen LogP contribution in [0.25, 0.3) is 0 Å². The molecule has 19 heavy (non-hydrogen) atoms. The summed E-state index contributed by atoms with van der Waals surface area (Å²) in [6.07, 6.45) is 2.61. The highest BCUT2D eigenvalue weighted by molar-refractivity contribution is 5.78. The quantitative estimate of drug-likeness (QED) is 0.755. The number of phenolic OH excluding ortho intramolecular Hbond substituents is 1. The Morgan fingerprint density at radius 1 is 1.37 bits per heavy atom. The van der Waals surface area contributed by atoms with Crippen LogP contribution in [0.2, 0.25) is 0 Å². The van der Waals surface area contributed by atoms with Crippen molar-refractivity contribution in [3.05, 3.63) is 29.8 Å². The number of aliphatic hydroxyl groups is 1. The van der Waals surface area contributed by atoms with Crippen LogP contribution in [0, 0.1) is 5.92 Å². The molecule has 0 bridgehead atoms. The van der Waals surface area contributed by atoms with E-state index < -0.39 is 0 Å². The molecular weight excluding hydrogens is 242 g/mol. The average molecular weight is 263 g/mol. The number of rotatable bonds is 5. The number of hydrogen-bond donors (Lipinski definition) is 3. The number of benzene rings is 1. The molecule has 1 saturated carbocycles. The van der Waals surface area contributed by atoms with E-state index in [0.717, 1.165) is 24.8 Å². The molecule has 0 unspecified atom stereocenters. The van der Waals surface area contributed by atoms with E-state index in [4.69, 9.17) is 0 Å². The normalized spacial score (nSPS) is 23.5. The van der Waals surface area contributed by atoms with Gasteiger partial charge in [0.05, 0.1) is 12.5 Å². The molecule has 104 valence electrons. The third-order valence-corrected chi connectivity index (χ3v) is 3.81. The molecule has 1 aromatic carbocycles. The Labute approximate surface area is 113 Å². The van der Waals surface area contributed by atoms with Gasteiger partial charge in [-0.1, -0.05) is 19.1 Å². The van der Waals surface area contributed by atoms with Gasteiger partial charge in [0.15, 0.2) is 0 Å². The fourth-order valence-electron chi connectivity index (χ4n) is 2.57. The minimum Gasteiger partial charge on any atom is -0.508 e. The minimum absolute atomic E-state index is 0.000991. The molecule has 0 radical (unpaired) electrons. The molecule has 1 fully saturated rings. The summed E-state index contributed by atoms with van der Waals surface area (Å²) in [4.78, 5) is 12.0. The van der Waals surface area contributed by atoms with E-state index in [2.05, 4.69) is 12.2 Å². The number of carbonyl (C=O) groups is 1. The SMILES string of the molecule is CC[C@@H](NC(=O)Cc1ccc(O)cc1)C1CC(O)C1. The van der Waals surface area contributed by atoms with Crippen molar-refractivity contribution in [1.29, 1.82) is 0 Å². The maximum absolute atomic E-state index is 12.0. The number of aliphatic hydroxyl groups excluding tert-OH is 1. The minimum atomic E-state index is -0.187. The zero-order valence-corrected chi connectivity index (χ0v) is 11.2. The molecule has 1 aliphatic rings. The molecule has 1 atom stereocenters. The van der Waals surface area contributed by atoms with Crippen LogP contribution >= 0.6 is 0 Å². The summed E-state index contributed by atoms with van der Waals surface area (Å²) in [5.74, 6) is 0.613. The Morgan fingerprint density at radius 3 is 2.53 bits per heavy atom. The lowest BCUT2D eigenvalue weighted by Crippen LogP contribution is -2.47. The summed E-state index contributed by atoms with van der Waals surface area (Å²) in [5, 5.41) is 21.5. The van der Waals surface area contributed by atoms with Gasteiger partial charge in [-0.05, 0) is 42.9 Å². The molecule has 0 aliphatic heterocycles. The first-order chi connectivity index (χ1) is 9.08. The second-order valence-corrected chi connectivity index (χ2v) is 5.31. The van der Waals surface area contributed by atoms with E-state index in [0.29, 0.717) is 12.3 Å². The molecule has 4 nitrogen and oxygen atoms in total. The summed E-state index contributed by atoms with van der Waals surface area (Å²) >= 11 is 0. The van der Waals surface area contributed by atoms with Crippen LogP contribution in [-0.2, 0) is 11.2 Å². The molecule has 4 heteroatoms. The number of phenols is 1. The van der Waals surface area contributed by atoms with Gasteiger partial charge in [-0.3, -0.25) is 4.79 Å². The monoisotopic (exact) mass is 263 g/mol. The predicted molar refractivity (Wildman–Crippen MR) is 72.8 cm³/mol. The number of aromatic hydroxyl groups is 1. The van der Waals surface area contributed by atoms with Gasteiger partial charge < -0.3 is 15.5 Å². The van der Waals surface area contributed by atoms with Crippen LogP contribution in [0.15, 0.2) is 24.3 Å². The van der Waals surface area contributed by atoms with Crippen molar-refractivity contribution in [3.8, 4) is 5.75 Å². The molecule has 2 rings (SSSR count). The van der Waals surface area contributed by atoms with E-state index >= 15 is 0 Å². The Balaban J connectivity index is 1.84. The first-order valence-electron chi connectivity index (χ1n) is 6.83. The highest BCUT2D eigenvalue weighted by atomic mass is 16.3. The van der Waals surface area contributed by atoms with Gasteiger partial charge in [-0.15, -0.1) is 0 Å². The van der Waals surface area contributed by atoms with Crippen molar-refractivity contribution in [2.24, 2.45) is 5.92 Å². The Morgan fingerprint density at radius 2 is 2.00 bits per heavy atom. The van der Waals surface area contributed by atoms with Crippen molar-refractivity contribution >= 4 is 5.91 Å². The van der Waals surface area contributed by atoms with E-state index in [1.165, 1.54) is 0 Å². The Hall–Kier alpha value is -1.55. The fourth-order valence-corrected chi connectivity index (χ4v) is 2.57. The molecule has 1 amide bonds. The van der Waals surface area contributed by atoms with Crippen LogP contribution in [0.1, 0.15) is 31.7 Å². The summed E-state index contributed by atoms with van der Waals surface area (Å²) in [5.41, 5.74) is 0.888. The van der Waals surface area contributed by atoms with Gasteiger partial charge >= 0.3 is 0 Å². The number of carbonyl (C=O) groups excluding carboxylic acids is 1. The summed E-state index contributed by atoms with van der Waals surface area (Å²) < 4.78 is 0. The molecule has 0 saturated heterocycles. The zero-order chi connectivity index (χ0) is 13.8. The largest absolute Gasteiger partial charge is 0.508 e. The Bertz CT molecular complexity index is 424. The van der Waals surface area contributed by atoms with E-state index in [1.54, 1.807) is 24.3 Å². The first kappa shape index (κ1) is 13.9. The third-order valence-electron chi connectivity index (χ3n) is 3.81. The number of amides is 1. The molecule has 1 aliphatic carbocycles. The first-order valence-corrected chi connectivity index (χ1v) is 6.83. The van der Waals surface area contributed by atoms with Crippen LogP contribution in [0.4, 0.5) is 0 Å². The van der Waals surface area contributed by atoms with Crippen molar-refractivity contribution in [3.63, 3.8) is 0 Å².